The van der Waals surface area contributed by atoms with Crippen molar-refractivity contribution in [2.75, 3.05) is 0 Å². The Bertz CT molecular complexity index is 843. The fraction of sp³-hybridized carbons (Fsp3) is 0.0476. The lowest BCUT2D eigenvalue weighted by Crippen LogP contribution is -1.94. The molecule has 130 valence electrons. The van der Waals surface area contributed by atoms with Gasteiger partial charge in [-0.05, 0) is 34.9 Å². The summed E-state index contributed by atoms with van der Waals surface area (Å²) >= 11 is 7.12. The summed E-state index contributed by atoms with van der Waals surface area (Å²) in [6.45, 7) is 3.87. The Morgan fingerprint density at radius 1 is 0.846 bits per heavy atom. The standard InChI is InChI=1S/C21H16OS4/c1-2-17-14-23-20(24-17)21-25-18(13-15-9-5-3-6-10-15)19(26-21)22-16-11-7-4-8-12-16/h2-12,14H,1,13H2. The first-order chi connectivity index (χ1) is 12.8. The van der Waals surface area contributed by atoms with Crippen molar-refractivity contribution in [3.05, 3.63) is 108 Å². The minimum atomic E-state index is 0.879. The van der Waals surface area contributed by atoms with Crippen LogP contribution in [0.2, 0.25) is 0 Å². The highest BCUT2D eigenvalue weighted by atomic mass is 32.2. The molecule has 2 aliphatic heterocycles. The summed E-state index contributed by atoms with van der Waals surface area (Å²) in [4.78, 5) is 2.47. The zero-order valence-corrected chi connectivity index (χ0v) is 17.1. The van der Waals surface area contributed by atoms with Gasteiger partial charge >= 0.3 is 0 Å². The van der Waals surface area contributed by atoms with Crippen LogP contribution < -0.4 is 4.74 Å². The summed E-state index contributed by atoms with van der Waals surface area (Å²) in [7, 11) is 0. The van der Waals surface area contributed by atoms with Crippen LogP contribution in [0.4, 0.5) is 0 Å². The van der Waals surface area contributed by atoms with Crippen molar-refractivity contribution in [2.45, 2.75) is 6.42 Å². The summed E-state index contributed by atoms with van der Waals surface area (Å²) in [5.74, 6) is 0.879. The van der Waals surface area contributed by atoms with Gasteiger partial charge in [0.25, 0.3) is 0 Å². The molecule has 2 aromatic rings. The molecule has 5 heteroatoms. The normalized spacial score (nSPS) is 19.6. The Morgan fingerprint density at radius 3 is 2.27 bits per heavy atom. The number of thioether (sulfide) groups is 4. The molecule has 0 spiro atoms. The Morgan fingerprint density at radius 2 is 1.58 bits per heavy atom. The maximum atomic E-state index is 6.24. The molecule has 0 radical (unpaired) electrons. The van der Waals surface area contributed by atoms with E-state index in [0.29, 0.717) is 0 Å². The molecule has 0 aromatic heterocycles. The fourth-order valence-corrected chi connectivity index (χ4v) is 7.40. The molecule has 0 unspecified atom stereocenters. The molecule has 4 rings (SSSR count). The van der Waals surface area contributed by atoms with Crippen LogP contribution in [0.5, 0.6) is 5.75 Å². The van der Waals surface area contributed by atoms with E-state index < -0.39 is 0 Å². The van der Waals surface area contributed by atoms with Gasteiger partial charge in [0.05, 0.1) is 8.47 Å². The number of hydrogen-bond donors (Lipinski definition) is 0. The third kappa shape index (κ3) is 4.29. The number of para-hydroxylation sites is 1. The lowest BCUT2D eigenvalue weighted by molar-refractivity contribution is 0.463. The maximum Gasteiger partial charge on any atom is 0.176 e. The van der Waals surface area contributed by atoms with Crippen LogP contribution in [0.3, 0.4) is 0 Å². The van der Waals surface area contributed by atoms with Crippen LogP contribution in [-0.2, 0) is 6.42 Å². The fourth-order valence-electron chi connectivity index (χ4n) is 2.41. The van der Waals surface area contributed by atoms with Gasteiger partial charge in [-0.2, -0.15) is 0 Å². The van der Waals surface area contributed by atoms with Gasteiger partial charge in [0.1, 0.15) is 5.75 Å². The van der Waals surface area contributed by atoms with E-state index in [9.17, 15) is 0 Å². The Kier molecular flexibility index (Phi) is 5.90. The first-order valence-corrected chi connectivity index (χ1v) is 11.4. The largest absolute Gasteiger partial charge is 0.449 e. The van der Waals surface area contributed by atoms with E-state index in [1.54, 1.807) is 35.3 Å². The van der Waals surface area contributed by atoms with E-state index in [1.807, 2.05) is 48.2 Å². The van der Waals surface area contributed by atoms with Gasteiger partial charge in [-0.3, -0.25) is 0 Å². The van der Waals surface area contributed by atoms with Crippen LogP contribution >= 0.6 is 47.0 Å². The second kappa shape index (κ2) is 8.53. The Balaban J connectivity index is 1.59. The zero-order chi connectivity index (χ0) is 17.8. The Labute approximate surface area is 171 Å². The van der Waals surface area contributed by atoms with E-state index >= 15 is 0 Å². The van der Waals surface area contributed by atoms with E-state index in [1.165, 1.54) is 23.8 Å². The zero-order valence-electron chi connectivity index (χ0n) is 13.9. The minimum absolute atomic E-state index is 0.879. The molecule has 26 heavy (non-hydrogen) atoms. The molecular weight excluding hydrogens is 396 g/mol. The SMILES string of the molecule is C=CC1=CSC(=C2SC(Cc3ccccc3)=C(Oc3ccccc3)S2)S1. The number of rotatable bonds is 5. The van der Waals surface area contributed by atoms with Crippen LogP contribution in [0.1, 0.15) is 5.56 Å². The summed E-state index contributed by atoms with van der Waals surface area (Å²) in [5.41, 5.74) is 1.30. The molecule has 0 amide bonds. The van der Waals surface area contributed by atoms with E-state index in [0.717, 1.165) is 17.3 Å². The summed E-state index contributed by atoms with van der Waals surface area (Å²) in [6.07, 6.45) is 2.80. The quantitative estimate of drug-likeness (QED) is 0.498. The van der Waals surface area contributed by atoms with Crippen LogP contribution in [0.25, 0.3) is 0 Å². The van der Waals surface area contributed by atoms with E-state index in [2.05, 4.69) is 42.3 Å². The first-order valence-electron chi connectivity index (χ1n) is 8.09. The molecule has 1 nitrogen and oxygen atoms in total. The van der Waals surface area contributed by atoms with Gasteiger partial charge in [0, 0.05) is 16.2 Å². The van der Waals surface area contributed by atoms with Crippen molar-refractivity contribution in [3.8, 4) is 5.75 Å². The molecule has 0 bridgehead atoms. The maximum absolute atomic E-state index is 6.24. The summed E-state index contributed by atoms with van der Waals surface area (Å²) in [6, 6.07) is 20.6. The molecule has 0 fully saturated rings. The average molecular weight is 413 g/mol. The van der Waals surface area contributed by atoms with Gasteiger partial charge in [-0.25, -0.2) is 0 Å². The highest BCUT2D eigenvalue weighted by Gasteiger charge is 2.28. The molecule has 0 saturated carbocycles. The Hall–Kier alpha value is -1.40. The van der Waals surface area contributed by atoms with Crippen molar-refractivity contribution in [1.29, 1.82) is 0 Å². The molecule has 2 heterocycles. The predicted octanol–water partition coefficient (Wildman–Crippen LogP) is 7.59. The monoisotopic (exact) mass is 412 g/mol. The minimum Gasteiger partial charge on any atom is -0.449 e. The van der Waals surface area contributed by atoms with Crippen LogP contribution in [0, 0.1) is 0 Å². The third-order valence-corrected chi connectivity index (χ3v) is 9.05. The van der Waals surface area contributed by atoms with E-state index in [4.69, 9.17) is 4.74 Å². The van der Waals surface area contributed by atoms with Crippen molar-refractivity contribution in [3.63, 3.8) is 0 Å². The number of benzene rings is 2. The average Bonchev–Trinajstić information content (AvgIpc) is 3.31. The first kappa shape index (κ1) is 18.0. The molecule has 2 aromatic carbocycles. The lowest BCUT2D eigenvalue weighted by Gasteiger charge is -2.07. The van der Waals surface area contributed by atoms with Crippen molar-refractivity contribution < 1.29 is 4.74 Å². The van der Waals surface area contributed by atoms with Gasteiger partial charge < -0.3 is 4.74 Å². The predicted molar refractivity (Wildman–Crippen MR) is 120 cm³/mol. The highest BCUT2D eigenvalue weighted by Crippen LogP contribution is 2.58. The molecule has 2 aliphatic rings. The smallest absolute Gasteiger partial charge is 0.176 e. The topological polar surface area (TPSA) is 9.23 Å². The number of hydrogen-bond acceptors (Lipinski definition) is 5. The number of ether oxygens (including phenoxy) is 1. The lowest BCUT2D eigenvalue weighted by atomic mass is 10.1. The molecule has 0 saturated heterocycles. The van der Waals surface area contributed by atoms with Crippen LogP contribution in [-0.4, -0.2) is 0 Å². The third-order valence-electron chi connectivity index (χ3n) is 3.65. The van der Waals surface area contributed by atoms with Crippen molar-refractivity contribution >= 4 is 47.0 Å². The summed E-state index contributed by atoms with van der Waals surface area (Å²) < 4.78 is 8.84. The van der Waals surface area contributed by atoms with Gasteiger partial charge in [-0.15, -0.1) is 0 Å². The highest BCUT2D eigenvalue weighted by molar-refractivity contribution is 8.33. The molecule has 0 aliphatic carbocycles. The second-order valence-corrected chi connectivity index (χ2v) is 10.1. The molecule has 0 N–H and O–H groups in total. The molecular formula is C21H16OS4. The van der Waals surface area contributed by atoms with Gasteiger partial charge in [-0.1, -0.05) is 96.5 Å². The van der Waals surface area contributed by atoms with E-state index in [-0.39, 0.29) is 0 Å². The molecule has 0 atom stereocenters. The van der Waals surface area contributed by atoms with Gasteiger partial charge in [0.15, 0.2) is 5.09 Å². The van der Waals surface area contributed by atoms with Crippen molar-refractivity contribution in [1.82, 2.24) is 0 Å². The van der Waals surface area contributed by atoms with Crippen LogP contribution in [0.15, 0.2) is 102 Å². The van der Waals surface area contributed by atoms with Gasteiger partial charge in [0.2, 0.25) is 0 Å². The number of allylic oxidation sites excluding steroid dienone is 2. The van der Waals surface area contributed by atoms with Crippen molar-refractivity contribution in [2.24, 2.45) is 0 Å². The summed E-state index contributed by atoms with van der Waals surface area (Å²) in [5, 5.41) is 3.15. The second-order valence-electron chi connectivity index (χ2n) is 5.51.